The Hall–Kier alpha value is -1.40. The zero-order chi connectivity index (χ0) is 15.6. The van der Waals surface area contributed by atoms with E-state index in [9.17, 15) is 4.79 Å². The number of thioether (sulfide) groups is 1. The zero-order valence-electron chi connectivity index (χ0n) is 13.0. The van der Waals surface area contributed by atoms with Gasteiger partial charge in [-0.05, 0) is 17.7 Å². The molecule has 2 N–H and O–H groups in total. The maximum absolute atomic E-state index is 12.1. The van der Waals surface area contributed by atoms with Gasteiger partial charge in [-0.25, -0.2) is 0 Å². The Labute approximate surface area is 135 Å². The largest absolute Gasteiger partial charge is 0.486 e. The van der Waals surface area contributed by atoms with Gasteiger partial charge in [0, 0.05) is 23.6 Å². The van der Waals surface area contributed by atoms with Crippen LogP contribution in [0, 0.1) is 0 Å². The summed E-state index contributed by atoms with van der Waals surface area (Å²) in [7, 11) is 0. The van der Waals surface area contributed by atoms with Crippen LogP contribution in [0.2, 0.25) is 0 Å². The van der Waals surface area contributed by atoms with Gasteiger partial charge < -0.3 is 14.8 Å². The summed E-state index contributed by atoms with van der Waals surface area (Å²) >= 11 is 1.75. The highest BCUT2D eigenvalue weighted by atomic mass is 32.2. The van der Waals surface area contributed by atoms with E-state index in [2.05, 4.69) is 24.5 Å². The molecule has 120 valence electrons. The third-order valence-electron chi connectivity index (χ3n) is 4.06. The van der Waals surface area contributed by atoms with E-state index in [0.29, 0.717) is 19.8 Å². The fourth-order valence-corrected chi connectivity index (χ4v) is 3.50. The lowest BCUT2D eigenvalue weighted by Crippen LogP contribution is -2.46. The normalized spacial score (nSPS) is 20.7. The van der Waals surface area contributed by atoms with E-state index in [1.807, 2.05) is 18.2 Å². The molecule has 0 radical (unpaired) electrons. The first-order valence-corrected chi connectivity index (χ1v) is 8.71. The number of amides is 1. The summed E-state index contributed by atoms with van der Waals surface area (Å²) in [5.74, 6) is 3.36. The summed E-state index contributed by atoms with van der Waals surface area (Å²) < 4.78 is 11.2. The van der Waals surface area contributed by atoms with Gasteiger partial charge in [0.25, 0.3) is 0 Å². The van der Waals surface area contributed by atoms with Gasteiger partial charge in [-0.3, -0.25) is 10.1 Å². The standard InChI is InChI=1S/C16H22N2O3S/c1-16(2,9-17-15(19)12-8-22-10-18-12)11-3-4-13-14(7-11)21-6-5-20-13/h3-4,7,12,18H,5-6,8-10H2,1-2H3,(H,17,19). The molecule has 2 aliphatic heterocycles. The first-order chi connectivity index (χ1) is 10.6. The number of nitrogens with one attached hydrogen (secondary N) is 2. The number of carbonyl (C=O) groups is 1. The Morgan fingerprint density at radius 1 is 1.36 bits per heavy atom. The van der Waals surface area contributed by atoms with Gasteiger partial charge in [0.1, 0.15) is 13.2 Å². The molecule has 3 rings (SSSR count). The Balaban J connectivity index is 1.65. The molecular weight excluding hydrogens is 300 g/mol. The minimum absolute atomic E-state index is 0.0685. The van der Waals surface area contributed by atoms with Crippen LogP contribution >= 0.6 is 11.8 Å². The fraction of sp³-hybridized carbons (Fsp3) is 0.562. The molecule has 6 heteroatoms. The smallest absolute Gasteiger partial charge is 0.238 e. The van der Waals surface area contributed by atoms with Crippen LogP contribution in [-0.4, -0.2) is 43.3 Å². The molecule has 0 spiro atoms. The molecule has 1 aromatic rings. The fourth-order valence-electron chi connectivity index (χ4n) is 2.56. The number of ether oxygens (including phenoxy) is 2. The van der Waals surface area contributed by atoms with Gasteiger partial charge in [0.05, 0.1) is 6.04 Å². The first-order valence-electron chi connectivity index (χ1n) is 7.55. The number of hydrogen-bond acceptors (Lipinski definition) is 5. The molecule has 2 aliphatic rings. The third kappa shape index (κ3) is 3.33. The number of carbonyl (C=O) groups excluding carboxylic acids is 1. The second kappa shape index (κ2) is 6.38. The van der Waals surface area contributed by atoms with Crippen LogP contribution in [0.3, 0.4) is 0 Å². The van der Waals surface area contributed by atoms with Gasteiger partial charge in [-0.2, -0.15) is 0 Å². The SMILES string of the molecule is CC(C)(CNC(=O)C1CSCN1)c1ccc2c(c1)OCCO2. The average Bonchev–Trinajstić information content (AvgIpc) is 3.07. The number of benzene rings is 1. The van der Waals surface area contributed by atoms with E-state index in [1.54, 1.807) is 11.8 Å². The van der Waals surface area contributed by atoms with Crippen LogP contribution in [0.15, 0.2) is 18.2 Å². The molecule has 0 aliphatic carbocycles. The lowest BCUT2D eigenvalue weighted by atomic mass is 9.84. The van der Waals surface area contributed by atoms with Crippen LogP contribution in [0.25, 0.3) is 0 Å². The molecule has 0 aromatic heterocycles. The molecule has 1 fully saturated rings. The van der Waals surface area contributed by atoms with Crippen LogP contribution in [0.1, 0.15) is 19.4 Å². The Bertz CT molecular complexity index is 556. The summed E-state index contributed by atoms with van der Waals surface area (Å²) in [6, 6.07) is 5.94. The highest BCUT2D eigenvalue weighted by Crippen LogP contribution is 2.34. The van der Waals surface area contributed by atoms with Gasteiger partial charge in [-0.15, -0.1) is 11.8 Å². The van der Waals surface area contributed by atoms with E-state index in [1.165, 1.54) is 0 Å². The van der Waals surface area contributed by atoms with Crippen molar-refractivity contribution in [2.24, 2.45) is 0 Å². The maximum atomic E-state index is 12.1. The molecule has 0 saturated carbocycles. The lowest BCUT2D eigenvalue weighted by molar-refractivity contribution is -0.122. The van der Waals surface area contributed by atoms with Crippen molar-refractivity contribution in [1.82, 2.24) is 10.6 Å². The van der Waals surface area contributed by atoms with Gasteiger partial charge >= 0.3 is 0 Å². The summed E-state index contributed by atoms with van der Waals surface area (Å²) in [6.07, 6.45) is 0. The van der Waals surface area contributed by atoms with Crippen molar-refractivity contribution in [2.45, 2.75) is 25.3 Å². The Kier molecular flexibility index (Phi) is 4.49. The van der Waals surface area contributed by atoms with Gasteiger partial charge in [0.15, 0.2) is 11.5 Å². The predicted molar refractivity (Wildman–Crippen MR) is 87.7 cm³/mol. The monoisotopic (exact) mass is 322 g/mol. The van der Waals surface area contributed by atoms with E-state index >= 15 is 0 Å². The minimum Gasteiger partial charge on any atom is -0.486 e. The van der Waals surface area contributed by atoms with Crippen molar-refractivity contribution in [3.8, 4) is 11.5 Å². The number of rotatable bonds is 4. The molecule has 1 unspecified atom stereocenters. The summed E-state index contributed by atoms with van der Waals surface area (Å²) in [4.78, 5) is 12.1. The molecule has 1 aromatic carbocycles. The van der Waals surface area contributed by atoms with Crippen molar-refractivity contribution >= 4 is 17.7 Å². The highest BCUT2D eigenvalue weighted by molar-refractivity contribution is 7.99. The summed E-state index contributed by atoms with van der Waals surface area (Å²) in [5.41, 5.74) is 0.961. The summed E-state index contributed by atoms with van der Waals surface area (Å²) in [5, 5.41) is 6.24. The number of fused-ring (bicyclic) bond motifs is 1. The van der Waals surface area contributed by atoms with Crippen molar-refractivity contribution in [3.63, 3.8) is 0 Å². The second-order valence-electron chi connectivity index (χ2n) is 6.23. The molecule has 22 heavy (non-hydrogen) atoms. The van der Waals surface area contributed by atoms with E-state index in [-0.39, 0.29) is 17.4 Å². The molecule has 1 atom stereocenters. The van der Waals surface area contributed by atoms with Crippen molar-refractivity contribution in [2.75, 3.05) is 31.4 Å². The topological polar surface area (TPSA) is 59.6 Å². The molecule has 5 nitrogen and oxygen atoms in total. The molecule has 1 amide bonds. The Morgan fingerprint density at radius 2 is 2.14 bits per heavy atom. The molecule has 1 saturated heterocycles. The highest BCUT2D eigenvalue weighted by Gasteiger charge is 2.27. The van der Waals surface area contributed by atoms with Crippen LogP contribution in [0.4, 0.5) is 0 Å². The predicted octanol–water partition coefficient (Wildman–Crippen LogP) is 1.51. The summed E-state index contributed by atoms with van der Waals surface area (Å²) in [6.45, 7) is 6.01. The first kappa shape index (κ1) is 15.5. The lowest BCUT2D eigenvalue weighted by Gasteiger charge is -2.28. The molecular formula is C16H22N2O3S. The van der Waals surface area contributed by atoms with Gasteiger partial charge in [-0.1, -0.05) is 19.9 Å². The second-order valence-corrected chi connectivity index (χ2v) is 7.26. The van der Waals surface area contributed by atoms with Crippen LogP contribution < -0.4 is 20.1 Å². The van der Waals surface area contributed by atoms with Crippen molar-refractivity contribution in [1.29, 1.82) is 0 Å². The zero-order valence-corrected chi connectivity index (χ0v) is 13.8. The van der Waals surface area contributed by atoms with E-state index < -0.39 is 0 Å². The van der Waals surface area contributed by atoms with Crippen molar-refractivity contribution in [3.05, 3.63) is 23.8 Å². The Morgan fingerprint density at radius 3 is 2.86 bits per heavy atom. The maximum Gasteiger partial charge on any atom is 0.238 e. The van der Waals surface area contributed by atoms with E-state index in [4.69, 9.17) is 9.47 Å². The molecule has 0 bridgehead atoms. The average molecular weight is 322 g/mol. The third-order valence-corrected chi connectivity index (χ3v) is 5.00. The van der Waals surface area contributed by atoms with Gasteiger partial charge in [0.2, 0.25) is 5.91 Å². The van der Waals surface area contributed by atoms with Crippen molar-refractivity contribution < 1.29 is 14.3 Å². The quantitative estimate of drug-likeness (QED) is 0.880. The molecule has 2 heterocycles. The van der Waals surface area contributed by atoms with Crippen LogP contribution in [0.5, 0.6) is 11.5 Å². The number of hydrogen-bond donors (Lipinski definition) is 2. The minimum atomic E-state index is -0.169. The van der Waals surface area contributed by atoms with E-state index in [0.717, 1.165) is 28.7 Å². The van der Waals surface area contributed by atoms with Crippen LogP contribution in [-0.2, 0) is 10.2 Å².